The molecule has 1 aromatic carbocycles. The number of hydrogen-bond acceptors (Lipinski definition) is 6. The average molecular weight is 437 g/mol. The van der Waals surface area contributed by atoms with Crippen LogP contribution in [0.25, 0.3) is 0 Å². The third kappa shape index (κ3) is 3.86. The summed E-state index contributed by atoms with van der Waals surface area (Å²) < 4.78 is 35.2. The van der Waals surface area contributed by atoms with Gasteiger partial charge in [0.2, 0.25) is 6.79 Å². The summed E-state index contributed by atoms with van der Waals surface area (Å²) in [5.74, 6) is 1.63. The van der Waals surface area contributed by atoms with E-state index in [1.54, 1.807) is 0 Å². The molecule has 0 unspecified atom stereocenters. The molecule has 156 valence electrons. The number of aliphatic imine (C=N–C) groups is 1. The molecule has 0 N–H and O–H groups in total. The molecule has 1 aromatic rings. The summed E-state index contributed by atoms with van der Waals surface area (Å²) in [5, 5.41) is 0.607. The van der Waals surface area contributed by atoms with E-state index in [1.807, 2.05) is 23.1 Å². The zero-order valence-electron chi connectivity index (χ0n) is 16.1. The fourth-order valence-electron chi connectivity index (χ4n) is 4.59. The highest BCUT2D eigenvalue weighted by Gasteiger charge is 2.48. The van der Waals surface area contributed by atoms with Crippen molar-refractivity contribution in [2.75, 3.05) is 18.3 Å². The summed E-state index contributed by atoms with van der Waals surface area (Å²) in [6.07, 6.45) is 5.16. The van der Waals surface area contributed by atoms with Crippen LogP contribution in [-0.2, 0) is 21.2 Å². The number of carbonyl (C=O) groups is 1. The first kappa shape index (κ1) is 19.2. The lowest BCUT2D eigenvalue weighted by Gasteiger charge is -2.25. The number of amidine groups is 1. The van der Waals surface area contributed by atoms with Crippen LogP contribution in [0.5, 0.6) is 11.5 Å². The zero-order valence-corrected chi connectivity index (χ0v) is 17.7. The van der Waals surface area contributed by atoms with Crippen LogP contribution in [0, 0.1) is 5.92 Å². The van der Waals surface area contributed by atoms with Gasteiger partial charge in [-0.3, -0.25) is 4.79 Å². The Bertz CT molecular complexity index is 956. The highest BCUT2D eigenvalue weighted by molar-refractivity contribution is 8.15. The summed E-state index contributed by atoms with van der Waals surface area (Å²) in [5.41, 5.74) is 0.984. The minimum absolute atomic E-state index is 0.00779. The molecule has 1 amide bonds. The van der Waals surface area contributed by atoms with Crippen LogP contribution >= 0.6 is 11.8 Å². The van der Waals surface area contributed by atoms with Gasteiger partial charge in [-0.2, -0.15) is 4.99 Å². The van der Waals surface area contributed by atoms with Crippen molar-refractivity contribution in [3.05, 3.63) is 23.8 Å². The second kappa shape index (κ2) is 7.50. The zero-order chi connectivity index (χ0) is 20.0. The van der Waals surface area contributed by atoms with Gasteiger partial charge in [0.1, 0.15) is 0 Å². The van der Waals surface area contributed by atoms with Crippen molar-refractivity contribution < 1.29 is 22.7 Å². The van der Waals surface area contributed by atoms with Gasteiger partial charge in [-0.15, -0.1) is 0 Å². The van der Waals surface area contributed by atoms with Crippen molar-refractivity contribution in [3.63, 3.8) is 0 Å². The van der Waals surface area contributed by atoms with E-state index in [0.717, 1.165) is 31.2 Å². The van der Waals surface area contributed by atoms with Crippen molar-refractivity contribution in [3.8, 4) is 11.5 Å². The molecular weight excluding hydrogens is 412 g/mol. The lowest BCUT2D eigenvalue weighted by atomic mass is 9.89. The molecule has 0 aromatic heterocycles. The Hall–Kier alpha value is -1.74. The third-order valence-corrected chi connectivity index (χ3v) is 9.37. The molecule has 0 radical (unpaired) electrons. The third-order valence-electron chi connectivity index (χ3n) is 6.13. The van der Waals surface area contributed by atoms with Gasteiger partial charge in [0.15, 0.2) is 26.5 Å². The molecule has 9 heteroatoms. The first-order valence-electron chi connectivity index (χ1n) is 10.1. The first-order chi connectivity index (χ1) is 14.0. The Morgan fingerprint density at radius 1 is 1.14 bits per heavy atom. The molecule has 3 heterocycles. The van der Waals surface area contributed by atoms with Gasteiger partial charge in [-0.05, 0) is 30.5 Å². The quantitative estimate of drug-likeness (QED) is 0.720. The maximum absolute atomic E-state index is 12.8. The second-order valence-electron chi connectivity index (χ2n) is 8.18. The number of sulfone groups is 1. The number of amides is 1. The van der Waals surface area contributed by atoms with Crippen LogP contribution in [0.3, 0.4) is 0 Å². The SMILES string of the molecule is O=C(N=C1S[C@H]2CS(=O)(=O)C[C@@H]2N1Cc1ccc2c(c1)OCO2)C1CCCCC1. The Kier molecular flexibility index (Phi) is 4.98. The highest BCUT2D eigenvalue weighted by atomic mass is 32.2. The number of ether oxygens (including phenoxy) is 2. The van der Waals surface area contributed by atoms with Crippen LogP contribution in [0.15, 0.2) is 23.2 Å². The predicted octanol–water partition coefficient (Wildman–Crippen LogP) is 2.59. The summed E-state index contributed by atoms with van der Waals surface area (Å²) in [4.78, 5) is 19.3. The highest BCUT2D eigenvalue weighted by Crippen LogP contribution is 2.40. The maximum atomic E-state index is 12.8. The normalized spacial score (nSPS) is 29.4. The lowest BCUT2D eigenvalue weighted by Crippen LogP contribution is -2.37. The van der Waals surface area contributed by atoms with Gasteiger partial charge in [0.25, 0.3) is 5.91 Å². The molecule has 29 heavy (non-hydrogen) atoms. The van der Waals surface area contributed by atoms with Crippen molar-refractivity contribution in [1.29, 1.82) is 0 Å². The Morgan fingerprint density at radius 3 is 2.76 bits per heavy atom. The van der Waals surface area contributed by atoms with Gasteiger partial charge in [0, 0.05) is 17.7 Å². The van der Waals surface area contributed by atoms with Crippen LogP contribution in [0.2, 0.25) is 0 Å². The molecule has 3 fully saturated rings. The van der Waals surface area contributed by atoms with E-state index < -0.39 is 9.84 Å². The van der Waals surface area contributed by atoms with E-state index >= 15 is 0 Å². The number of fused-ring (bicyclic) bond motifs is 2. The lowest BCUT2D eigenvalue weighted by molar-refractivity contribution is -0.122. The monoisotopic (exact) mass is 436 g/mol. The fraction of sp³-hybridized carbons (Fsp3) is 0.600. The number of rotatable bonds is 3. The molecule has 1 aliphatic carbocycles. The van der Waals surface area contributed by atoms with E-state index in [-0.39, 0.29) is 41.4 Å². The fourth-order valence-corrected chi connectivity index (χ4v) is 8.55. The molecule has 5 rings (SSSR count). The summed E-state index contributed by atoms with van der Waals surface area (Å²) in [7, 11) is -3.06. The topological polar surface area (TPSA) is 85.3 Å². The molecular formula is C20H24N2O5S2. The van der Waals surface area contributed by atoms with Crippen molar-refractivity contribution in [2.24, 2.45) is 10.9 Å². The number of thioether (sulfide) groups is 1. The van der Waals surface area contributed by atoms with Gasteiger partial charge < -0.3 is 14.4 Å². The molecule has 2 saturated heterocycles. The van der Waals surface area contributed by atoms with Crippen molar-refractivity contribution in [1.82, 2.24) is 4.90 Å². The average Bonchev–Trinajstić information content (AvgIpc) is 3.36. The van der Waals surface area contributed by atoms with Gasteiger partial charge in [0.05, 0.1) is 17.5 Å². The van der Waals surface area contributed by atoms with Crippen molar-refractivity contribution in [2.45, 2.75) is 49.9 Å². The van der Waals surface area contributed by atoms with Gasteiger partial charge in [-0.25, -0.2) is 8.42 Å². The number of carbonyl (C=O) groups excluding carboxylic acids is 1. The molecule has 2 atom stereocenters. The maximum Gasteiger partial charge on any atom is 0.251 e. The van der Waals surface area contributed by atoms with Crippen molar-refractivity contribution >= 4 is 32.7 Å². The Labute approximate surface area is 174 Å². The number of hydrogen-bond donors (Lipinski definition) is 0. The minimum Gasteiger partial charge on any atom is -0.454 e. The standard InChI is InChI=1S/C20H24N2O5S2/c23-19(14-4-2-1-3-5-14)21-20-22(15-10-29(24,25)11-18(15)28-20)9-13-6-7-16-17(8-13)27-12-26-16/h6-8,14-15,18H,1-5,9-12H2/t15-,18-/m0/s1. The minimum atomic E-state index is -3.06. The van der Waals surface area contributed by atoms with E-state index in [2.05, 4.69) is 4.99 Å². The summed E-state index contributed by atoms with van der Waals surface area (Å²) >= 11 is 1.45. The van der Waals surface area contributed by atoms with E-state index in [1.165, 1.54) is 18.2 Å². The molecule has 1 saturated carbocycles. The van der Waals surface area contributed by atoms with E-state index in [4.69, 9.17) is 9.47 Å². The van der Waals surface area contributed by atoms with Crippen LogP contribution < -0.4 is 9.47 Å². The predicted molar refractivity (Wildman–Crippen MR) is 111 cm³/mol. The number of nitrogens with zero attached hydrogens (tertiary/aromatic N) is 2. The smallest absolute Gasteiger partial charge is 0.251 e. The van der Waals surface area contributed by atoms with Gasteiger partial charge >= 0.3 is 0 Å². The molecule has 3 aliphatic heterocycles. The van der Waals surface area contributed by atoms with E-state index in [0.29, 0.717) is 23.2 Å². The Morgan fingerprint density at radius 2 is 1.93 bits per heavy atom. The summed E-state index contributed by atoms with van der Waals surface area (Å²) in [6.45, 7) is 0.709. The van der Waals surface area contributed by atoms with Crippen LogP contribution in [0.1, 0.15) is 37.7 Å². The first-order valence-corrected chi connectivity index (χ1v) is 12.8. The molecule has 0 bridgehead atoms. The van der Waals surface area contributed by atoms with Crippen LogP contribution in [-0.4, -0.2) is 54.0 Å². The largest absolute Gasteiger partial charge is 0.454 e. The summed E-state index contributed by atoms with van der Waals surface area (Å²) in [6, 6.07) is 5.60. The Balaban J connectivity index is 1.41. The van der Waals surface area contributed by atoms with Gasteiger partial charge in [-0.1, -0.05) is 37.1 Å². The molecule has 7 nitrogen and oxygen atoms in total. The second-order valence-corrected chi connectivity index (χ2v) is 11.5. The van der Waals surface area contributed by atoms with E-state index in [9.17, 15) is 13.2 Å². The van der Waals surface area contributed by atoms with Crippen LogP contribution in [0.4, 0.5) is 0 Å². The molecule has 0 spiro atoms. The molecule has 4 aliphatic rings. The number of benzene rings is 1.